The molecule has 3 nitrogen and oxygen atoms in total. The van der Waals surface area contributed by atoms with E-state index in [4.69, 9.17) is 0 Å². The van der Waals surface area contributed by atoms with Crippen LogP contribution in [0.25, 0.3) is 0 Å². The second kappa shape index (κ2) is 12.8. The van der Waals surface area contributed by atoms with E-state index in [2.05, 4.69) is 24.4 Å². The van der Waals surface area contributed by atoms with E-state index >= 15 is 0 Å². The fourth-order valence-corrected chi connectivity index (χ4v) is 1.39. The molecule has 0 aliphatic carbocycles. The Hall–Kier alpha value is -1.87. The molecule has 22 heavy (non-hydrogen) atoms. The number of nitrogens with one attached hydrogen (secondary N) is 1. The van der Waals surface area contributed by atoms with E-state index in [9.17, 15) is 9.90 Å². The highest BCUT2D eigenvalue weighted by molar-refractivity contribution is 5.87. The summed E-state index contributed by atoms with van der Waals surface area (Å²) in [4.78, 5) is 11.4. The highest BCUT2D eigenvalue weighted by Gasteiger charge is 2.12. The molecule has 0 aliphatic rings. The SMILES string of the molecule is CC/C=C/C=C\C=C\CC/C=C/C=C/C(=O)NCC(C)(C)O. The van der Waals surface area contributed by atoms with Crippen LogP contribution in [0.15, 0.2) is 60.8 Å². The fourth-order valence-electron chi connectivity index (χ4n) is 1.39. The Morgan fingerprint density at radius 3 is 2.05 bits per heavy atom. The summed E-state index contributed by atoms with van der Waals surface area (Å²) in [5.41, 5.74) is -0.882. The summed E-state index contributed by atoms with van der Waals surface area (Å²) in [6, 6.07) is 0. The third-order valence-corrected chi connectivity index (χ3v) is 2.53. The molecule has 0 bridgehead atoms. The first kappa shape index (κ1) is 20.1. The molecule has 0 atom stereocenters. The van der Waals surface area contributed by atoms with Gasteiger partial charge in [-0.15, -0.1) is 0 Å². The molecule has 0 aliphatic heterocycles. The van der Waals surface area contributed by atoms with Gasteiger partial charge >= 0.3 is 0 Å². The van der Waals surface area contributed by atoms with Gasteiger partial charge in [0, 0.05) is 12.6 Å². The molecule has 1 amide bonds. The van der Waals surface area contributed by atoms with Crippen LogP contribution in [0.1, 0.15) is 40.0 Å². The second-order valence-corrected chi connectivity index (χ2v) is 5.54. The molecule has 2 N–H and O–H groups in total. The number of rotatable bonds is 10. The van der Waals surface area contributed by atoms with Crippen LogP contribution >= 0.6 is 0 Å². The van der Waals surface area contributed by atoms with Crippen molar-refractivity contribution in [3.63, 3.8) is 0 Å². The van der Waals surface area contributed by atoms with Crippen molar-refractivity contribution in [1.29, 1.82) is 0 Å². The first-order valence-corrected chi connectivity index (χ1v) is 7.77. The number of hydrogen-bond donors (Lipinski definition) is 2. The van der Waals surface area contributed by atoms with Crippen molar-refractivity contribution in [3.8, 4) is 0 Å². The number of hydrogen-bond acceptors (Lipinski definition) is 2. The van der Waals surface area contributed by atoms with Crippen molar-refractivity contribution in [2.75, 3.05) is 6.54 Å². The first-order valence-electron chi connectivity index (χ1n) is 7.77. The van der Waals surface area contributed by atoms with Gasteiger partial charge in [-0.2, -0.15) is 0 Å². The van der Waals surface area contributed by atoms with Gasteiger partial charge in [-0.3, -0.25) is 4.79 Å². The maximum Gasteiger partial charge on any atom is 0.244 e. The van der Waals surface area contributed by atoms with Crippen LogP contribution in [0.2, 0.25) is 0 Å². The van der Waals surface area contributed by atoms with Crippen LogP contribution in [-0.4, -0.2) is 23.2 Å². The average Bonchev–Trinajstić information content (AvgIpc) is 2.45. The van der Waals surface area contributed by atoms with Gasteiger partial charge in [0.15, 0.2) is 0 Å². The van der Waals surface area contributed by atoms with Gasteiger partial charge in [0.1, 0.15) is 0 Å². The standard InChI is InChI=1S/C19H29NO2/c1-4-5-6-7-8-9-10-11-12-13-14-15-16-18(21)20-17-19(2,3)22/h5-10,13-16,22H,4,11-12,17H2,1-3H3,(H,20,21)/b6-5+,8-7-,10-9+,14-13+,16-15+. The van der Waals surface area contributed by atoms with Crippen molar-refractivity contribution in [3.05, 3.63) is 60.8 Å². The summed E-state index contributed by atoms with van der Waals surface area (Å²) in [7, 11) is 0. The zero-order valence-corrected chi connectivity index (χ0v) is 14.0. The second-order valence-electron chi connectivity index (χ2n) is 5.54. The Kier molecular flexibility index (Phi) is 11.7. The molecule has 0 unspecified atom stereocenters. The molecular formula is C19H29NO2. The molecule has 3 heteroatoms. The van der Waals surface area contributed by atoms with Gasteiger partial charge in [0.2, 0.25) is 5.91 Å². The van der Waals surface area contributed by atoms with Crippen LogP contribution in [-0.2, 0) is 4.79 Å². The summed E-state index contributed by atoms with van der Waals surface area (Å²) in [6.45, 7) is 5.66. The minimum absolute atomic E-state index is 0.197. The highest BCUT2D eigenvalue weighted by atomic mass is 16.3. The Bertz CT molecular complexity index is 435. The van der Waals surface area contributed by atoms with Gasteiger partial charge in [0.25, 0.3) is 0 Å². The van der Waals surface area contributed by atoms with Crippen molar-refractivity contribution in [1.82, 2.24) is 5.32 Å². The van der Waals surface area contributed by atoms with E-state index in [1.807, 2.05) is 36.5 Å². The van der Waals surface area contributed by atoms with E-state index in [0.717, 1.165) is 19.3 Å². The summed E-state index contributed by atoms with van der Waals surface area (Å²) in [5.74, 6) is -0.197. The molecule has 0 saturated heterocycles. The van der Waals surface area contributed by atoms with E-state index < -0.39 is 5.60 Å². The molecule has 0 aromatic rings. The summed E-state index contributed by atoms with van der Waals surface area (Å²) < 4.78 is 0. The Balaban J connectivity index is 3.75. The van der Waals surface area contributed by atoms with Crippen LogP contribution in [0, 0.1) is 0 Å². The Labute approximate surface area is 134 Å². The predicted molar refractivity (Wildman–Crippen MR) is 94.5 cm³/mol. The van der Waals surface area contributed by atoms with Crippen molar-refractivity contribution in [2.24, 2.45) is 0 Å². The normalized spacial score (nSPS) is 13.5. The fraction of sp³-hybridized carbons (Fsp3) is 0.421. The van der Waals surface area contributed by atoms with E-state index in [1.165, 1.54) is 6.08 Å². The smallest absolute Gasteiger partial charge is 0.244 e. The summed E-state index contributed by atoms with van der Waals surface area (Å²) >= 11 is 0. The van der Waals surface area contributed by atoms with E-state index in [-0.39, 0.29) is 12.5 Å². The number of carbonyl (C=O) groups is 1. The van der Waals surface area contributed by atoms with Crippen molar-refractivity contribution < 1.29 is 9.90 Å². The van der Waals surface area contributed by atoms with E-state index in [0.29, 0.717) is 0 Å². The lowest BCUT2D eigenvalue weighted by Gasteiger charge is -2.16. The molecule has 0 heterocycles. The third kappa shape index (κ3) is 16.2. The minimum atomic E-state index is -0.882. The van der Waals surface area contributed by atoms with E-state index in [1.54, 1.807) is 19.9 Å². The molecular weight excluding hydrogens is 274 g/mol. The lowest BCUT2D eigenvalue weighted by Crippen LogP contribution is -2.37. The number of carbonyl (C=O) groups excluding carboxylic acids is 1. The number of amides is 1. The largest absolute Gasteiger partial charge is 0.389 e. The quantitative estimate of drug-likeness (QED) is 0.366. The van der Waals surface area contributed by atoms with Crippen LogP contribution < -0.4 is 5.32 Å². The molecule has 0 rings (SSSR count). The molecule has 0 radical (unpaired) electrons. The van der Waals surface area contributed by atoms with Crippen molar-refractivity contribution in [2.45, 2.75) is 45.6 Å². The molecule has 122 valence electrons. The molecule has 0 saturated carbocycles. The summed E-state index contributed by atoms with van der Waals surface area (Å²) in [5, 5.41) is 12.1. The topological polar surface area (TPSA) is 49.3 Å². The van der Waals surface area contributed by atoms with Gasteiger partial charge in [-0.1, -0.05) is 61.6 Å². The summed E-state index contributed by atoms with van der Waals surface area (Å²) in [6.07, 6.45) is 22.3. The number of aliphatic hydroxyl groups is 1. The maximum absolute atomic E-state index is 11.4. The first-order chi connectivity index (χ1) is 10.5. The predicted octanol–water partition coefficient (Wildman–Crippen LogP) is 3.84. The van der Waals surface area contributed by atoms with Crippen LogP contribution in [0.3, 0.4) is 0 Å². The monoisotopic (exact) mass is 303 g/mol. The maximum atomic E-state index is 11.4. The Morgan fingerprint density at radius 2 is 1.50 bits per heavy atom. The zero-order valence-electron chi connectivity index (χ0n) is 14.0. The van der Waals surface area contributed by atoms with Gasteiger partial charge in [-0.05, 0) is 33.1 Å². The molecule has 0 fully saturated rings. The molecule has 0 spiro atoms. The van der Waals surface area contributed by atoms with Gasteiger partial charge in [-0.25, -0.2) is 0 Å². The molecule has 0 aromatic heterocycles. The third-order valence-electron chi connectivity index (χ3n) is 2.53. The molecule has 0 aromatic carbocycles. The van der Waals surface area contributed by atoms with Crippen LogP contribution in [0.4, 0.5) is 0 Å². The lowest BCUT2D eigenvalue weighted by molar-refractivity contribution is -0.117. The van der Waals surface area contributed by atoms with Gasteiger partial charge in [0.05, 0.1) is 5.60 Å². The Morgan fingerprint density at radius 1 is 0.955 bits per heavy atom. The number of allylic oxidation sites excluding steroid dienone is 9. The van der Waals surface area contributed by atoms with Crippen LogP contribution in [0.5, 0.6) is 0 Å². The van der Waals surface area contributed by atoms with Gasteiger partial charge < -0.3 is 10.4 Å². The minimum Gasteiger partial charge on any atom is -0.389 e. The lowest BCUT2D eigenvalue weighted by atomic mass is 10.1. The average molecular weight is 303 g/mol. The highest BCUT2D eigenvalue weighted by Crippen LogP contribution is 1.97. The van der Waals surface area contributed by atoms with Crippen molar-refractivity contribution >= 4 is 5.91 Å². The number of unbranched alkanes of at least 4 members (excludes halogenated alkanes) is 1. The zero-order chi connectivity index (χ0) is 16.7.